The molecule has 11 rings (SSSR count). The zero-order chi connectivity index (χ0) is 36.3. The zero-order valence-electron chi connectivity index (χ0n) is 30.0. The van der Waals surface area contributed by atoms with E-state index in [2.05, 4.69) is 174 Å². The lowest BCUT2D eigenvalue weighted by molar-refractivity contribution is 1.05. The molecule has 0 fully saturated rings. The van der Waals surface area contributed by atoms with Gasteiger partial charge < -0.3 is 0 Å². The van der Waals surface area contributed by atoms with Crippen molar-refractivity contribution in [2.75, 3.05) is 0 Å². The summed E-state index contributed by atoms with van der Waals surface area (Å²) < 4.78 is 2.25. The number of allylic oxidation sites excluding steroid dienone is 1. The van der Waals surface area contributed by atoms with Crippen LogP contribution in [0.15, 0.2) is 187 Å². The van der Waals surface area contributed by atoms with Crippen molar-refractivity contribution in [3.8, 4) is 28.1 Å². The molecule has 55 heavy (non-hydrogen) atoms. The number of rotatable bonds is 5. The summed E-state index contributed by atoms with van der Waals surface area (Å²) in [5, 5.41) is 9.67. The van der Waals surface area contributed by atoms with Crippen LogP contribution in [0, 0.1) is 0 Å². The highest BCUT2D eigenvalue weighted by atomic mass is 15.0. The van der Waals surface area contributed by atoms with Crippen molar-refractivity contribution in [3.05, 3.63) is 193 Å². The van der Waals surface area contributed by atoms with Crippen LogP contribution in [0.3, 0.4) is 0 Å². The van der Waals surface area contributed by atoms with E-state index in [1.807, 2.05) is 12.3 Å². The van der Waals surface area contributed by atoms with Crippen molar-refractivity contribution >= 4 is 65.7 Å². The molecule has 0 N–H and O–H groups in total. The summed E-state index contributed by atoms with van der Waals surface area (Å²) in [5.74, 6) is 0. The Balaban J connectivity index is 0.985. The van der Waals surface area contributed by atoms with Gasteiger partial charge in [-0.2, -0.15) is 0 Å². The number of hydrogen-bond donors (Lipinski definition) is 0. The van der Waals surface area contributed by atoms with Crippen LogP contribution in [0.5, 0.6) is 0 Å². The second-order valence-corrected chi connectivity index (χ2v) is 14.3. The Morgan fingerprint density at radius 2 is 1.11 bits per heavy atom. The number of nitrogens with zero attached hydrogens (tertiary/aromatic N) is 4. The lowest BCUT2D eigenvalue weighted by Gasteiger charge is -2.18. The number of fused-ring (bicyclic) bond motifs is 6. The number of para-hydroxylation sites is 1. The molecular weight excluding hydrogens is 669 g/mol. The molecule has 3 aromatic heterocycles. The molecule has 4 heterocycles. The average Bonchev–Trinajstić information content (AvgIpc) is 3.60. The van der Waals surface area contributed by atoms with Crippen LogP contribution in [-0.4, -0.2) is 20.2 Å². The first-order valence-electron chi connectivity index (χ1n) is 18.9. The van der Waals surface area contributed by atoms with E-state index in [0.29, 0.717) is 0 Å². The third kappa shape index (κ3) is 5.18. The maximum atomic E-state index is 5.38. The topological polar surface area (TPSA) is 43.1 Å². The van der Waals surface area contributed by atoms with E-state index in [1.165, 1.54) is 48.8 Å². The van der Waals surface area contributed by atoms with Crippen LogP contribution in [0.4, 0.5) is 0 Å². The van der Waals surface area contributed by atoms with E-state index < -0.39 is 0 Å². The molecule has 0 bridgehead atoms. The Kier molecular flexibility index (Phi) is 7.27. The van der Waals surface area contributed by atoms with E-state index >= 15 is 0 Å². The molecule has 0 unspecified atom stereocenters. The molecule has 0 saturated heterocycles. The second-order valence-electron chi connectivity index (χ2n) is 14.3. The standard InChI is InChI=1S/C51H34N4/c1-2-13-35-32-36(26-25-33(35)12-1)49-39-15-3-5-17-41(39)50(42-18-6-4-16-40(42)49)47-23-10-22-46(54-47)45-21-9-20-44(53-45)34-27-29-37(30-28-34)55-48-24-8-7-14-38(48)43-19-11-31-52-51(43)55/h1-8,10-20,22-32H,9,21H2. The first kappa shape index (κ1) is 31.4. The van der Waals surface area contributed by atoms with Gasteiger partial charge in [0.15, 0.2) is 0 Å². The summed E-state index contributed by atoms with van der Waals surface area (Å²) in [5.41, 5.74) is 11.8. The van der Waals surface area contributed by atoms with Gasteiger partial charge in [-0.1, -0.05) is 127 Å². The summed E-state index contributed by atoms with van der Waals surface area (Å²) in [6.07, 6.45) is 5.86. The molecule has 4 nitrogen and oxygen atoms in total. The van der Waals surface area contributed by atoms with E-state index in [-0.39, 0.29) is 0 Å². The Bertz CT molecular complexity index is 3090. The summed E-state index contributed by atoms with van der Waals surface area (Å²) >= 11 is 0. The highest BCUT2D eigenvalue weighted by Crippen LogP contribution is 2.44. The summed E-state index contributed by atoms with van der Waals surface area (Å²) in [6, 6.07) is 60.7. The lowest BCUT2D eigenvalue weighted by atomic mass is 9.86. The number of hydrogen-bond acceptors (Lipinski definition) is 3. The smallest absolute Gasteiger partial charge is 0.145 e. The molecule has 258 valence electrons. The molecule has 0 spiro atoms. The van der Waals surface area contributed by atoms with Crippen molar-refractivity contribution in [2.24, 2.45) is 4.99 Å². The summed E-state index contributed by atoms with van der Waals surface area (Å²) in [7, 11) is 0. The van der Waals surface area contributed by atoms with Gasteiger partial charge >= 0.3 is 0 Å². The number of pyridine rings is 2. The third-order valence-corrected chi connectivity index (χ3v) is 11.1. The van der Waals surface area contributed by atoms with Gasteiger partial charge in [0.1, 0.15) is 5.65 Å². The molecule has 1 aliphatic rings. The van der Waals surface area contributed by atoms with Gasteiger partial charge in [-0.3, -0.25) is 9.56 Å². The summed E-state index contributed by atoms with van der Waals surface area (Å²) in [4.78, 5) is 15.4. The van der Waals surface area contributed by atoms with Crippen LogP contribution in [0.2, 0.25) is 0 Å². The first-order chi connectivity index (χ1) is 27.3. The molecule has 0 atom stereocenters. The minimum atomic E-state index is 0.841. The Labute approximate surface area is 318 Å². The number of aromatic nitrogens is 3. The quantitative estimate of drug-likeness (QED) is 0.168. The summed E-state index contributed by atoms with van der Waals surface area (Å²) in [6.45, 7) is 0. The predicted octanol–water partition coefficient (Wildman–Crippen LogP) is 13.0. The van der Waals surface area contributed by atoms with Crippen molar-refractivity contribution in [1.82, 2.24) is 14.5 Å². The van der Waals surface area contributed by atoms with Gasteiger partial charge in [0.25, 0.3) is 0 Å². The molecule has 0 amide bonds. The zero-order valence-corrected chi connectivity index (χ0v) is 30.0. The predicted molar refractivity (Wildman–Crippen MR) is 230 cm³/mol. The molecule has 0 radical (unpaired) electrons. The molecule has 1 aliphatic heterocycles. The Morgan fingerprint density at radius 3 is 1.89 bits per heavy atom. The van der Waals surface area contributed by atoms with Gasteiger partial charge in [0.05, 0.1) is 28.3 Å². The molecule has 10 aromatic rings. The van der Waals surface area contributed by atoms with E-state index in [0.717, 1.165) is 69.0 Å². The van der Waals surface area contributed by atoms with Gasteiger partial charge in [-0.05, 0) is 110 Å². The number of benzene rings is 7. The van der Waals surface area contributed by atoms with E-state index in [4.69, 9.17) is 15.0 Å². The van der Waals surface area contributed by atoms with Crippen molar-refractivity contribution in [1.29, 1.82) is 0 Å². The SMILES string of the molecule is C1=C(c2ccc(-n3c4ccccc4c4cccnc43)cc2)N=C(c2cccc(-c3c4ccccc4c(-c4ccc5ccccc5c4)c4ccccc34)n2)CC1. The van der Waals surface area contributed by atoms with Crippen LogP contribution in [0.1, 0.15) is 24.1 Å². The normalized spacial score (nSPS) is 13.2. The molecule has 4 heteroatoms. The van der Waals surface area contributed by atoms with Gasteiger partial charge in [0.2, 0.25) is 0 Å². The van der Waals surface area contributed by atoms with Gasteiger partial charge in [0, 0.05) is 28.2 Å². The third-order valence-electron chi connectivity index (χ3n) is 11.1. The lowest BCUT2D eigenvalue weighted by Crippen LogP contribution is -2.08. The Morgan fingerprint density at radius 1 is 0.473 bits per heavy atom. The Hall–Kier alpha value is -7.17. The van der Waals surface area contributed by atoms with Crippen molar-refractivity contribution in [2.45, 2.75) is 12.8 Å². The highest BCUT2D eigenvalue weighted by molar-refractivity contribution is 6.21. The second kappa shape index (κ2) is 12.8. The fourth-order valence-corrected chi connectivity index (χ4v) is 8.59. The molecular formula is C51H34N4. The largest absolute Gasteiger partial charge is 0.294 e. The minimum Gasteiger partial charge on any atom is -0.294 e. The molecule has 7 aromatic carbocycles. The van der Waals surface area contributed by atoms with Crippen LogP contribution < -0.4 is 0 Å². The maximum Gasteiger partial charge on any atom is 0.145 e. The van der Waals surface area contributed by atoms with Gasteiger partial charge in [-0.25, -0.2) is 9.97 Å². The highest BCUT2D eigenvalue weighted by Gasteiger charge is 2.20. The molecule has 0 saturated carbocycles. The van der Waals surface area contributed by atoms with Gasteiger partial charge in [-0.15, -0.1) is 0 Å². The molecule has 0 aliphatic carbocycles. The van der Waals surface area contributed by atoms with E-state index in [9.17, 15) is 0 Å². The first-order valence-corrected chi connectivity index (χ1v) is 18.9. The van der Waals surface area contributed by atoms with Crippen LogP contribution >= 0.6 is 0 Å². The van der Waals surface area contributed by atoms with E-state index in [1.54, 1.807) is 0 Å². The number of aliphatic imine (C=N–C) groups is 1. The van der Waals surface area contributed by atoms with Crippen LogP contribution in [-0.2, 0) is 0 Å². The van der Waals surface area contributed by atoms with Crippen molar-refractivity contribution < 1.29 is 0 Å². The minimum absolute atomic E-state index is 0.841. The fraction of sp³-hybridized carbons (Fsp3) is 0.0392. The van der Waals surface area contributed by atoms with Crippen molar-refractivity contribution in [3.63, 3.8) is 0 Å². The fourth-order valence-electron chi connectivity index (χ4n) is 8.59. The maximum absolute atomic E-state index is 5.38. The van der Waals surface area contributed by atoms with Crippen LogP contribution in [0.25, 0.3) is 88.0 Å². The monoisotopic (exact) mass is 702 g/mol. The average molecular weight is 703 g/mol.